The fraction of sp³-hybridized carbons (Fsp3) is 0.138. The molecule has 0 aliphatic heterocycles. The van der Waals surface area contributed by atoms with Crippen LogP contribution in [0.3, 0.4) is 0 Å². The summed E-state index contributed by atoms with van der Waals surface area (Å²) in [6.07, 6.45) is 3.80. The number of nitrogens with zero attached hydrogens (tertiary/aromatic N) is 3. The lowest BCUT2D eigenvalue weighted by atomic mass is 10.0. The van der Waals surface area contributed by atoms with Gasteiger partial charge in [-0.05, 0) is 47.4 Å². The highest BCUT2D eigenvalue weighted by atomic mass is 32.1. The first-order chi connectivity index (χ1) is 17.2. The summed E-state index contributed by atoms with van der Waals surface area (Å²) in [5.41, 5.74) is 4.98. The Morgan fingerprint density at radius 3 is 2.43 bits per heavy atom. The average Bonchev–Trinajstić information content (AvgIpc) is 3.34. The lowest BCUT2D eigenvalue weighted by molar-refractivity contribution is -0.118. The highest BCUT2D eigenvalue weighted by Gasteiger charge is 2.22. The van der Waals surface area contributed by atoms with Gasteiger partial charge in [0.25, 0.3) is 0 Å². The maximum atomic E-state index is 13.6. The van der Waals surface area contributed by atoms with E-state index >= 15 is 0 Å². The number of ether oxygens (including phenoxy) is 1. The minimum Gasteiger partial charge on any atom is -0.492 e. The molecule has 5 nitrogen and oxygen atoms in total. The Balaban J connectivity index is 1.44. The van der Waals surface area contributed by atoms with Crippen LogP contribution in [0.25, 0.3) is 21.3 Å². The van der Waals surface area contributed by atoms with Crippen LogP contribution in [0.1, 0.15) is 18.1 Å². The largest absolute Gasteiger partial charge is 0.492 e. The van der Waals surface area contributed by atoms with Crippen molar-refractivity contribution < 1.29 is 9.53 Å². The molecule has 0 aliphatic carbocycles. The molecule has 5 aromatic rings. The van der Waals surface area contributed by atoms with Crippen LogP contribution < -0.4 is 9.64 Å². The molecule has 6 heteroatoms. The number of anilines is 1. The van der Waals surface area contributed by atoms with Crippen LogP contribution in [0.5, 0.6) is 5.75 Å². The van der Waals surface area contributed by atoms with E-state index < -0.39 is 0 Å². The quantitative estimate of drug-likeness (QED) is 0.254. The summed E-state index contributed by atoms with van der Waals surface area (Å²) < 4.78 is 6.75. The molecule has 0 N–H and O–H groups in total. The second-order valence-electron chi connectivity index (χ2n) is 8.11. The van der Waals surface area contributed by atoms with Gasteiger partial charge in [-0.2, -0.15) is 0 Å². The fourth-order valence-electron chi connectivity index (χ4n) is 3.95. The molecule has 0 saturated heterocycles. The van der Waals surface area contributed by atoms with Crippen LogP contribution in [0.4, 0.5) is 5.13 Å². The van der Waals surface area contributed by atoms with E-state index in [1.165, 1.54) is 11.3 Å². The Kier molecular flexibility index (Phi) is 6.82. The Hall–Kier alpha value is -4.03. The molecule has 3 aromatic carbocycles. The molecule has 1 amide bonds. The molecule has 0 bridgehead atoms. The van der Waals surface area contributed by atoms with E-state index in [0.29, 0.717) is 18.3 Å². The molecule has 0 saturated carbocycles. The molecule has 0 aliphatic rings. The van der Waals surface area contributed by atoms with Crippen molar-refractivity contribution in [1.29, 1.82) is 0 Å². The second-order valence-corrected chi connectivity index (χ2v) is 9.12. The minimum absolute atomic E-state index is 0.0154. The lowest BCUT2D eigenvalue weighted by Crippen LogP contribution is -2.31. The predicted octanol–water partition coefficient (Wildman–Crippen LogP) is 6.53. The molecule has 174 valence electrons. The highest BCUT2D eigenvalue weighted by molar-refractivity contribution is 7.22. The molecule has 0 fully saturated rings. The van der Waals surface area contributed by atoms with E-state index in [9.17, 15) is 4.79 Å². The van der Waals surface area contributed by atoms with Gasteiger partial charge in [0.2, 0.25) is 5.91 Å². The Morgan fingerprint density at radius 2 is 1.69 bits per heavy atom. The maximum Gasteiger partial charge on any atom is 0.233 e. The summed E-state index contributed by atoms with van der Waals surface area (Å²) >= 11 is 1.50. The summed E-state index contributed by atoms with van der Waals surface area (Å²) in [4.78, 5) is 24.4. The van der Waals surface area contributed by atoms with Gasteiger partial charge in [-0.25, -0.2) is 4.98 Å². The Bertz CT molecular complexity index is 1420. The first-order valence-corrected chi connectivity index (χ1v) is 12.4. The molecule has 2 aromatic heterocycles. The van der Waals surface area contributed by atoms with Crippen molar-refractivity contribution in [2.24, 2.45) is 0 Å². The summed E-state index contributed by atoms with van der Waals surface area (Å²) in [6, 6.07) is 28.1. The number of amides is 1. The lowest BCUT2D eigenvalue weighted by Gasteiger charge is -2.20. The smallest absolute Gasteiger partial charge is 0.233 e. The average molecular weight is 480 g/mol. The molecule has 0 atom stereocenters. The number of carbonyl (C=O) groups excluding carboxylic acids is 1. The van der Waals surface area contributed by atoms with Crippen molar-refractivity contribution in [3.05, 3.63) is 108 Å². The highest BCUT2D eigenvalue weighted by Crippen LogP contribution is 2.35. The molecule has 0 radical (unpaired) electrons. The predicted molar refractivity (Wildman–Crippen MR) is 142 cm³/mol. The minimum atomic E-state index is -0.0154. The SMILES string of the molecule is CCOc1cccc2sc(N(Cc3cccnc3)C(=O)Cc3ccc(-c4ccccc4)cc3)nc12. The number of pyridine rings is 1. The number of para-hydroxylation sites is 1. The first kappa shape index (κ1) is 22.7. The summed E-state index contributed by atoms with van der Waals surface area (Å²) in [6.45, 7) is 2.91. The zero-order valence-electron chi connectivity index (χ0n) is 19.4. The van der Waals surface area contributed by atoms with Gasteiger partial charge in [-0.1, -0.05) is 78.1 Å². The zero-order chi connectivity index (χ0) is 24.0. The van der Waals surface area contributed by atoms with Gasteiger partial charge < -0.3 is 4.74 Å². The third-order valence-corrected chi connectivity index (χ3v) is 6.73. The van der Waals surface area contributed by atoms with Gasteiger partial charge in [-0.15, -0.1) is 0 Å². The molecule has 5 rings (SSSR count). The van der Waals surface area contributed by atoms with Gasteiger partial charge in [-0.3, -0.25) is 14.7 Å². The number of fused-ring (bicyclic) bond motifs is 1. The normalized spacial score (nSPS) is 10.9. The van der Waals surface area contributed by atoms with Crippen molar-refractivity contribution in [2.45, 2.75) is 19.9 Å². The zero-order valence-corrected chi connectivity index (χ0v) is 20.2. The van der Waals surface area contributed by atoms with Crippen LogP contribution in [0.2, 0.25) is 0 Å². The third kappa shape index (κ3) is 5.23. The van der Waals surface area contributed by atoms with Crippen LogP contribution in [-0.2, 0) is 17.8 Å². The van der Waals surface area contributed by atoms with E-state index in [-0.39, 0.29) is 12.3 Å². The van der Waals surface area contributed by atoms with Crippen molar-refractivity contribution in [3.63, 3.8) is 0 Å². The van der Waals surface area contributed by atoms with Gasteiger partial charge in [0, 0.05) is 12.4 Å². The third-order valence-electron chi connectivity index (χ3n) is 5.68. The van der Waals surface area contributed by atoms with E-state index in [1.807, 2.05) is 67.6 Å². The molecular weight excluding hydrogens is 454 g/mol. The van der Waals surface area contributed by atoms with E-state index in [4.69, 9.17) is 9.72 Å². The number of hydrogen-bond acceptors (Lipinski definition) is 5. The number of rotatable bonds is 8. The van der Waals surface area contributed by atoms with Gasteiger partial charge in [0.05, 0.1) is 24.3 Å². The van der Waals surface area contributed by atoms with Gasteiger partial charge in [0.15, 0.2) is 5.13 Å². The van der Waals surface area contributed by atoms with Gasteiger partial charge in [0.1, 0.15) is 11.3 Å². The second kappa shape index (κ2) is 10.5. The molecule has 35 heavy (non-hydrogen) atoms. The van der Waals surface area contributed by atoms with Crippen molar-refractivity contribution in [2.75, 3.05) is 11.5 Å². The van der Waals surface area contributed by atoms with Crippen LogP contribution >= 0.6 is 11.3 Å². The fourth-order valence-corrected chi connectivity index (χ4v) is 4.95. The van der Waals surface area contributed by atoms with E-state index in [2.05, 4.69) is 29.2 Å². The van der Waals surface area contributed by atoms with Crippen LogP contribution in [0, 0.1) is 0 Å². The van der Waals surface area contributed by atoms with Crippen LogP contribution in [-0.4, -0.2) is 22.5 Å². The van der Waals surface area contributed by atoms with E-state index in [0.717, 1.165) is 38.2 Å². The van der Waals surface area contributed by atoms with Crippen molar-refractivity contribution >= 4 is 32.6 Å². The Morgan fingerprint density at radius 1 is 0.886 bits per heavy atom. The monoisotopic (exact) mass is 479 g/mol. The van der Waals surface area contributed by atoms with Crippen molar-refractivity contribution in [1.82, 2.24) is 9.97 Å². The topological polar surface area (TPSA) is 55.3 Å². The molecule has 0 spiro atoms. The first-order valence-electron chi connectivity index (χ1n) is 11.6. The Labute approximate surface area is 208 Å². The van der Waals surface area contributed by atoms with Gasteiger partial charge >= 0.3 is 0 Å². The van der Waals surface area contributed by atoms with Crippen molar-refractivity contribution in [3.8, 4) is 16.9 Å². The molecule has 2 heterocycles. The summed E-state index contributed by atoms with van der Waals surface area (Å²) in [5, 5.41) is 0.655. The van der Waals surface area contributed by atoms with Crippen LogP contribution in [0.15, 0.2) is 97.3 Å². The standard InChI is InChI=1S/C29H25N3O2S/c1-2-34-25-11-6-12-26-28(25)31-29(35-26)32(20-22-8-7-17-30-19-22)27(33)18-21-13-15-24(16-14-21)23-9-4-3-5-10-23/h3-17,19H,2,18,20H2,1H3. The van der Waals surface area contributed by atoms with E-state index in [1.54, 1.807) is 17.3 Å². The molecule has 0 unspecified atom stereocenters. The maximum absolute atomic E-state index is 13.6. The summed E-state index contributed by atoms with van der Waals surface area (Å²) in [7, 11) is 0. The number of hydrogen-bond donors (Lipinski definition) is 0. The molecular formula is C29H25N3O2S. The number of thiazole rings is 1. The summed E-state index contributed by atoms with van der Waals surface area (Å²) in [5.74, 6) is 0.719. The number of carbonyl (C=O) groups is 1. The number of aromatic nitrogens is 2. The number of benzene rings is 3.